The third-order valence-corrected chi connectivity index (χ3v) is 2.50. The van der Waals surface area contributed by atoms with Crippen molar-refractivity contribution in [3.05, 3.63) is 23.5 Å². The molecule has 1 rings (SSSR count). The molecule has 0 aliphatic carbocycles. The van der Waals surface area contributed by atoms with Crippen LogP contribution in [0.4, 0.5) is 0 Å². The number of rotatable bonds is 5. The van der Waals surface area contributed by atoms with Gasteiger partial charge in [0.15, 0.2) is 0 Å². The largest absolute Gasteiger partial charge is 0.481 e. The van der Waals surface area contributed by atoms with Crippen LogP contribution in [0.2, 0.25) is 0 Å². The Bertz CT molecular complexity index is 344. The van der Waals surface area contributed by atoms with E-state index in [1.807, 2.05) is 20.0 Å². The summed E-state index contributed by atoms with van der Waals surface area (Å²) >= 11 is 0. The van der Waals surface area contributed by atoms with E-state index in [0.717, 1.165) is 5.69 Å². The lowest BCUT2D eigenvalue weighted by Crippen LogP contribution is -2.23. The highest BCUT2D eigenvalue weighted by Gasteiger charge is 2.12. The lowest BCUT2D eigenvalue weighted by atomic mass is 10.1. The number of carboxylic acid groups (broad SMARTS) is 1. The second-order valence-corrected chi connectivity index (χ2v) is 4.01. The van der Waals surface area contributed by atoms with Crippen LogP contribution in [0.5, 0.6) is 0 Å². The average molecular weight is 210 g/mol. The first kappa shape index (κ1) is 11.8. The molecule has 1 aromatic rings. The summed E-state index contributed by atoms with van der Waals surface area (Å²) in [5.74, 6) is -0.778. The Labute approximate surface area is 89.7 Å². The van der Waals surface area contributed by atoms with E-state index in [1.54, 1.807) is 0 Å². The van der Waals surface area contributed by atoms with Gasteiger partial charge >= 0.3 is 5.97 Å². The molecule has 0 aromatic carbocycles. The molecule has 0 radical (unpaired) electrons. The Kier molecular flexibility index (Phi) is 3.91. The van der Waals surface area contributed by atoms with Crippen molar-refractivity contribution in [1.29, 1.82) is 0 Å². The molecule has 4 nitrogen and oxygen atoms in total. The van der Waals surface area contributed by atoms with Crippen molar-refractivity contribution >= 4 is 5.97 Å². The minimum Gasteiger partial charge on any atom is -0.481 e. The highest BCUT2D eigenvalue weighted by Crippen LogP contribution is 2.11. The summed E-state index contributed by atoms with van der Waals surface area (Å²) in [4.78, 5) is 10.6. The van der Waals surface area contributed by atoms with E-state index >= 15 is 0 Å². The molecular weight excluding hydrogens is 192 g/mol. The monoisotopic (exact) mass is 210 g/mol. The Balaban J connectivity index is 2.66. The molecule has 84 valence electrons. The van der Waals surface area contributed by atoms with Crippen molar-refractivity contribution in [3.8, 4) is 0 Å². The number of aromatic nitrogens is 1. The molecule has 1 unspecified atom stereocenters. The summed E-state index contributed by atoms with van der Waals surface area (Å²) in [6, 6.07) is 2.08. The molecule has 0 bridgehead atoms. The number of hydrogen-bond acceptors (Lipinski definition) is 2. The standard InChI is InChI=1S/C11H18N2O2/c1-8-3-9(2)13(6-8)7-10(5-12)4-11(14)15/h3,6,10H,4-5,7,12H2,1-2H3,(H,14,15). The molecule has 0 saturated heterocycles. The van der Waals surface area contributed by atoms with Crippen molar-refractivity contribution in [2.45, 2.75) is 26.8 Å². The van der Waals surface area contributed by atoms with Gasteiger partial charge in [-0.25, -0.2) is 0 Å². The molecule has 0 amide bonds. The van der Waals surface area contributed by atoms with E-state index in [1.165, 1.54) is 5.56 Å². The van der Waals surface area contributed by atoms with E-state index in [0.29, 0.717) is 13.1 Å². The van der Waals surface area contributed by atoms with Crippen molar-refractivity contribution < 1.29 is 9.90 Å². The number of carbonyl (C=O) groups is 1. The Hall–Kier alpha value is -1.29. The fraction of sp³-hybridized carbons (Fsp3) is 0.545. The molecule has 1 atom stereocenters. The van der Waals surface area contributed by atoms with Gasteiger partial charge in [0, 0.05) is 18.4 Å². The maximum atomic E-state index is 10.6. The van der Waals surface area contributed by atoms with Crippen LogP contribution in [-0.4, -0.2) is 22.2 Å². The van der Waals surface area contributed by atoms with Crippen LogP contribution in [-0.2, 0) is 11.3 Å². The van der Waals surface area contributed by atoms with E-state index in [-0.39, 0.29) is 12.3 Å². The van der Waals surface area contributed by atoms with Crippen LogP contribution in [0.15, 0.2) is 12.3 Å². The molecule has 1 heterocycles. The minimum atomic E-state index is -0.785. The second kappa shape index (κ2) is 4.98. The van der Waals surface area contributed by atoms with Gasteiger partial charge < -0.3 is 15.4 Å². The van der Waals surface area contributed by atoms with Gasteiger partial charge in [0.05, 0.1) is 6.42 Å². The molecule has 3 N–H and O–H groups in total. The first-order chi connectivity index (χ1) is 7.02. The summed E-state index contributed by atoms with van der Waals surface area (Å²) in [7, 11) is 0. The van der Waals surface area contributed by atoms with Gasteiger partial charge in [-0.2, -0.15) is 0 Å². The number of nitrogens with two attached hydrogens (primary N) is 1. The van der Waals surface area contributed by atoms with Crippen LogP contribution in [0.3, 0.4) is 0 Å². The van der Waals surface area contributed by atoms with Crippen LogP contribution in [0, 0.1) is 19.8 Å². The van der Waals surface area contributed by atoms with E-state index in [4.69, 9.17) is 10.8 Å². The zero-order chi connectivity index (χ0) is 11.4. The summed E-state index contributed by atoms with van der Waals surface area (Å²) in [6.07, 6.45) is 2.16. The van der Waals surface area contributed by atoms with E-state index in [2.05, 4.69) is 10.6 Å². The van der Waals surface area contributed by atoms with Crippen LogP contribution >= 0.6 is 0 Å². The fourth-order valence-corrected chi connectivity index (χ4v) is 1.74. The lowest BCUT2D eigenvalue weighted by molar-refractivity contribution is -0.138. The smallest absolute Gasteiger partial charge is 0.303 e. The van der Waals surface area contributed by atoms with Gasteiger partial charge in [-0.05, 0) is 37.9 Å². The molecular formula is C11H18N2O2. The van der Waals surface area contributed by atoms with Gasteiger partial charge in [-0.3, -0.25) is 4.79 Å². The molecule has 0 aliphatic heterocycles. The van der Waals surface area contributed by atoms with Crippen molar-refractivity contribution in [2.75, 3.05) is 6.54 Å². The average Bonchev–Trinajstić information content (AvgIpc) is 2.43. The maximum absolute atomic E-state index is 10.6. The van der Waals surface area contributed by atoms with Gasteiger partial charge in [0.1, 0.15) is 0 Å². The fourth-order valence-electron chi connectivity index (χ4n) is 1.74. The normalized spacial score (nSPS) is 12.7. The summed E-state index contributed by atoms with van der Waals surface area (Å²) in [5.41, 5.74) is 7.89. The molecule has 0 aliphatic rings. The van der Waals surface area contributed by atoms with Crippen LogP contribution in [0.25, 0.3) is 0 Å². The first-order valence-electron chi connectivity index (χ1n) is 5.08. The van der Waals surface area contributed by atoms with Crippen LogP contribution < -0.4 is 5.73 Å². The number of nitrogens with zero attached hydrogens (tertiary/aromatic N) is 1. The summed E-state index contributed by atoms with van der Waals surface area (Å²) in [5, 5.41) is 8.70. The molecule has 0 saturated carbocycles. The van der Waals surface area contributed by atoms with E-state index in [9.17, 15) is 4.79 Å². The Morgan fingerprint density at radius 3 is 2.67 bits per heavy atom. The van der Waals surface area contributed by atoms with Gasteiger partial charge in [-0.1, -0.05) is 0 Å². The topological polar surface area (TPSA) is 68.2 Å². The molecule has 4 heteroatoms. The summed E-state index contributed by atoms with van der Waals surface area (Å²) in [6.45, 7) is 5.13. The highest BCUT2D eigenvalue weighted by atomic mass is 16.4. The molecule has 1 aromatic heterocycles. The third-order valence-electron chi connectivity index (χ3n) is 2.50. The van der Waals surface area contributed by atoms with Gasteiger partial charge in [0.25, 0.3) is 0 Å². The maximum Gasteiger partial charge on any atom is 0.303 e. The van der Waals surface area contributed by atoms with Gasteiger partial charge in [-0.15, -0.1) is 0 Å². The Morgan fingerprint density at radius 1 is 1.60 bits per heavy atom. The first-order valence-corrected chi connectivity index (χ1v) is 5.08. The Morgan fingerprint density at radius 2 is 2.27 bits per heavy atom. The predicted octanol–water partition coefficient (Wildman–Crippen LogP) is 1.15. The van der Waals surface area contributed by atoms with Gasteiger partial charge in [0.2, 0.25) is 0 Å². The molecule has 0 fully saturated rings. The number of aliphatic carboxylic acids is 1. The predicted molar refractivity (Wildman–Crippen MR) is 58.7 cm³/mol. The lowest BCUT2D eigenvalue weighted by Gasteiger charge is -2.14. The number of aryl methyl sites for hydroxylation is 2. The number of carboxylic acids is 1. The SMILES string of the molecule is Cc1cc(C)n(CC(CN)CC(=O)O)c1. The minimum absolute atomic E-state index is 0.00741. The van der Waals surface area contributed by atoms with E-state index < -0.39 is 5.97 Å². The quantitative estimate of drug-likeness (QED) is 0.766. The number of hydrogen-bond donors (Lipinski definition) is 2. The molecule has 0 spiro atoms. The zero-order valence-electron chi connectivity index (χ0n) is 9.23. The van der Waals surface area contributed by atoms with Crippen molar-refractivity contribution in [1.82, 2.24) is 4.57 Å². The van der Waals surface area contributed by atoms with Crippen LogP contribution in [0.1, 0.15) is 17.7 Å². The summed E-state index contributed by atoms with van der Waals surface area (Å²) < 4.78 is 2.07. The van der Waals surface area contributed by atoms with Crippen molar-refractivity contribution in [2.24, 2.45) is 11.7 Å². The third kappa shape index (κ3) is 3.40. The van der Waals surface area contributed by atoms with Crippen molar-refractivity contribution in [3.63, 3.8) is 0 Å². The second-order valence-electron chi connectivity index (χ2n) is 4.01. The zero-order valence-corrected chi connectivity index (χ0v) is 9.23. The molecule has 15 heavy (non-hydrogen) atoms. The highest BCUT2D eigenvalue weighted by molar-refractivity contribution is 5.67.